The Morgan fingerprint density at radius 3 is 2.59 bits per heavy atom. The molecule has 0 unspecified atom stereocenters. The third kappa shape index (κ3) is 5.28. The van der Waals surface area contributed by atoms with Crippen LogP contribution in [-0.2, 0) is 16.1 Å². The largest absolute Gasteiger partial charge is 0.497 e. The van der Waals surface area contributed by atoms with E-state index in [1.54, 1.807) is 24.1 Å². The predicted octanol–water partition coefficient (Wildman–Crippen LogP) is 3.65. The van der Waals surface area contributed by atoms with E-state index in [1.165, 1.54) is 6.08 Å². The Balaban J connectivity index is 1.55. The summed E-state index contributed by atoms with van der Waals surface area (Å²) in [5, 5.41) is 8.11. The maximum absolute atomic E-state index is 12.0. The number of hydrogen-bond donors (Lipinski definition) is 0. The Bertz CT molecular complexity index is 902. The van der Waals surface area contributed by atoms with E-state index in [9.17, 15) is 4.79 Å². The third-order valence-electron chi connectivity index (χ3n) is 4.01. The summed E-state index contributed by atoms with van der Waals surface area (Å²) >= 11 is 0. The molecule has 1 atom stereocenters. The molecule has 0 aliphatic heterocycles. The molecule has 27 heavy (non-hydrogen) atoms. The third-order valence-corrected chi connectivity index (χ3v) is 4.01. The molecule has 3 aromatic rings. The Morgan fingerprint density at radius 2 is 1.89 bits per heavy atom. The van der Waals surface area contributed by atoms with Gasteiger partial charge >= 0.3 is 5.97 Å². The molecule has 1 aromatic heterocycles. The first kappa shape index (κ1) is 18.4. The van der Waals surface area contributed by atoms with E-state index >= 15 is 0 Å². The van der Waals surface area contributed by atoms with Crippen molar-refractivity contribution < 1.29 is 14.3 Å². The molecule has 2 aromatic carbocycles. The number of methoxy groups -OCH3 is 1. The zero-order valence-electron chi connectivity index (χ0n) is 15.3. The Morgan fingerprint density at radius 1 is 1.15 bits per heavy atom. The van der Waals surface area contributed by atoms with E-state index in [0.717, 1.165) is 16.9 Å². The van der Waals surface area contributed by atoms with Crippen LogP contribution in [0, 0.1) is 0 Å². The van der Waals surface area contributed by atoms with E-state index < -0.39 is 5.97 Å². The van der Waals surface area contributed by atoms with Gasteiger partial charge in [-0.25, -0.2) is 9.48 Å². The number of rotatable bonds is 7. The summed E-state index contributed by atoms with van der Waals surface area (Å²) < 4.78 is 12.3. The topological polar surface area (TPSA) is 66.2 Å². The highest BCUT2D eigenvalue weighted by molar-refractivity contribution is 5.86. The molecule has 0 N–H and O–H groups in total. The Labute approximate surface area is 158 Å². The molecule has 3 rings (SSSR count). The van der Waals surface area contributed by atoms with Gasteiger partial charge in [0.25, 0.3) is 0 Å². The molecule has 0 radical (unpaired) electrons. The molecule has 0 aliphatic rings. The van der Waals surface area contributed by atoms with Crippen LogP contribution in [0.5, 0.6) is 5.75 Å². The van der Waals surface area contributed by atoms with Crippen LogP contribution in [0.4, 0.5) is 0 Å². The molecule has 0 amide bonds. The van der Waals surface area contributed by atoms with Crippen molar-refractivity contribution in [1.29, 1.82) is 0 Å². The van der Waals surface area contributed by atoms with Crippen molar-refractivity contribution in [3.63, 3.8) is 0 Å². The SMILES string of the molecule is COc1ccc([C@@H](C)OC(=O)/C=C/c2cn(Cc3ccccc3)nn2)cc1. The molecule has 0 aliphatic carbocycles. The summed E-state index contributed by atoms with van der Waals surface area (Å²) in [5.74, 6) is 0.326. The second-order valence-electron chi connectivity index (χ2n) is 6.01. The average Bonchev–Trinajstić information content (AvgIpc) is 3.14. The van der Waals surface area contributed by atoms with E-state index in [0.29, 0.717) is 12.2 Å². The van der Waals surface area contributed by atoms with Crippen molar-refractivity contribution >= 4 is 12.0 Å². The van der Waals surface area contributed by atoms with Crippen LogP contribution in [0.3, 0.4) is 0 Å². The van der Waals surface area contributed by atoms with Crippen molar-refractivity contribution in [3.8, 4) is 5.75 Å². The predicted molar refractivity (Wildman–Crippen MR) is 102 cm³/mol. The van der Waals surface area contributed by atoms with Crippen LogP contribution in [0.25, 0.3) is 6.08 Å². The van der Waals surface area contributed by atoms with Crippen LogP contribution >= 0.6 is 0 Å². The van der Waals surface area contributed by atoms with E-state index in [2.05, 4.69) is 10.3 Å². The molecular weight excluding hydrogens is 342 g/mol. The van der Waals surface area contributed by atoms with Crippen LogP contribution < -0.4 is 4.74 Å². The molecule has 138 valence electrons. The number of esters is 1. The van der Waals surface area contributed by atoms with Gasteiger partial charge in [-0.15, -0.1) is 5.10 Å². The minimum absolute atomic E-state index is 0.359. The molecule has 0 fully saturated rings. The molecular formula is C21H21N3O3. The normalized spacial score (nSPS) is 12.1. The van der Waals surface area contributed by atoms with Gasteiger partial charge in [-0.1, -0.05) is 47.7 Å². The lowest BCUT2D eigenvalue weighted by molar-refractivity contribution is -0.142. The lowest BCUT2D eigenvalue weighted by Crippen LogP contribution is -2.06. The first-order chi connectivity index (χ1) is 13.1. The van der Waals surface area contributed by atoms with Gasteiger partial charge < -0.3 is 9.47 Å². The maximum atomic E-state index is 12.0. The number of aromatic nitrogens is 3. The summed E-state index contributed by atoms with van der Waals surface area (Å²) in [6.45, 7) is 2.45. The fourth-order valence-corrected chi connectivity index (χ4v) is 2.55. The minimum atomic E-state index is -0.434. The summed E-state index contributed by atoms with van der Waals surface area (Å²) in [6, 6.07) is 17.4. The fourth-order valence-electron chi connectivity index (χ4n) is 2.55. The highest BCUT2D eigenvalue weighted by Crippen LogP contribution is 2.20. The monoisotopic (exact) mass is 363 g/mol. The van der Waals surface area contributed by atoms with Gasteiger partial charge in [0.1, 0.15) is 17.5 Å². The highest BCUT2D eigenvalue weighted by atomic mass is 16.5. The van der Waals surface area contributed by atoms with Crippen molar-refractivity contribution in [3.05, 3.63) is 83.7 Å². The number of benzene rings is 2. The zero-order valence-corrected chi connectivity index (χ0v) is 15.3. The van der Waals surface area contributed by atoms with Gasteiger partial charge in [-0.2, -0.15) is 0 Å². The smallest absolute Gasteiger partial charge is 0.331 e. The van der Waals surface area contributed by atoms with Crippen LogP contribution in [0.2, 0.25) is 0 Å². The molecule has 0 bridgehead atoms. The average molecular weight is 363 g/mol. The summed E-state index contributed by atoms with van der Waals surface area (Å²) in [5.41, 5.74) is 2.62. The standard InChI is InChI=1S/C21H21N3O3/c1-16(18-8-11-20(26-2)12-9-18)27-21(25)13-10-19-15-24(23-22-19)14-17-6-4-3-5-7-17/h3-13,15-16H,14H2,1-2H3/b13-10+/t16-/m1/s1. The second kappa shape index (κ2) is 8.80. The summed E-state index contributed by atoms with van der Waals surface area (Å²) in [6.07, 6.45) is 4.37. The van der Waals surface area contributed by atoms with Gasteiger partial charge in [-0.3, -0.25) is 0 Å². The van der Waals surface area contributed by atoms with Gasteiger partial charge in [0.2, 0.25) is 0 Å². The Hall–Kier alpha value is -3.41. The van der Waals surface area contributed by atoms with Crippen LogP contribution in [0.1, 0.15) is 29.8 Å². The van der Waals surface area contributed by atoms with E-state index in [-0.39, 0.29) is 6.10 Å². The first-order valence-corrected chi connectivity index (χ1v) is 8.61. The van der Waals surface area contributed by atoms with Crippen molar-refractivity contribution in [2.45, 2.75) is 19.6 Å². The number of nitrogens with zero attached hydrogens (tertiary/aromatic N) is 3. The highest BCUT2D eigenvalue weighted by Gasteiger charge is 2.10. The summed E-state index contributed by atoms with van der Waals surface area (Å²) in [7, 11) is 1.61. The van der Waals surface area contributed by atoms with E-state index in [1.807, 2.05) is 61.5 Å². The molecule has 0 spiro atoms. The van der Waals surface area contributed by atoms with Crippen molar-refractivity contribution in [2.24, 2.45) is 0 Å². The maximum Gasteiger partial charge on any atom is 0.331 e. The molecule has 1 heterocycles. The van der Waals surface area contributed by atoms with Gasteiger partial charge in [0.15, 0.2) is 0 Å². The minimum Gasteiger partial charge on any atom is -0.497 e. The quantitative estimate of drug-likeness (QED) is 0.473. The number of carbonyl (C=O) groups is 1. The first-order valence-electron chi connectivity index (χ1n) is 8.61. The molecule has 6 heteroatoms. The lowest BCUT2D eigenvalue weighted by atomic mass is 10.1. The Kier molecular flexibility index (Phi) is 5.99. The van der Waals surface area contributed by atoms with Crippen LogP contribution in [-0.4, -0.2) is 28.1 Å². The fraction of sp³-hybridized carbons (Fsp3) is 0.190. The van der Waals surface area contributed by atoms with Gasteiger partial charge in [-0.05, 0) is 36.3 Å². The number of hydrogen-bond acceptors (Lipinski definition) is 5. The van der Waals surface area contributed by atoms with Gasteiger partial charge in [0.05, 0.1) is 19.9 Å². The van der Waals surface area contributed by atoms with Crippen LogP contribution in [0.15, 0.2) is 66.9 Å². The molecule has 6 nitrogen and oxygen atoms in total. The van der Waals surface area contributed by atoms with Crippen molar-refractivity contribution in [2.75, 3.05) is 7.11 Å². The molecule has 0 saturated heterocycles. The van der Waals surface area contributed by atoms with E-state index in [4.69, 9.17) is 9.47 Å². The number of carbonyl (C=O) groups excluding carboxylic acids is 1. The van der Waals surface area contributed by atoms with Gasteiger partial charge in [0, 0.05) is 6.08 Å². The molecule has 0 saturated carbocycles. The van der Waals surface area contributed by atoms with Crippen molar-refractivity contribution in [1.82, 2.24) is 15.0 Å². The summed E-state index contributed by atoms with van der Waals surface area (Å²) in [4.78, 5) is 12.0. The second-order valence-corrected chi connectivity index (χ2v) is 6.01. The zero-order chi connectivity index (χ0) is 19.1. The lowest BCUT2D eigenvalue weighted by Gasteiger charge is -2.12. The number of ether oxygens (including phenoxy) is 2.